The normalized spacial score (nSPS) is 10.2. The van der Waals surface area contributed by atoms with Crippen molar-refractivity contribution in [2.75, 3.05) is 7.11 Å². The third kappa shape index (κ3) is 2.85. The van der Waals surface area contributed by atoms with Gasteiger partial charge in [0, 0.05) is 0 Å². The minimum Gasteiger partial charge on any atom is -0.480 e. The molecule has 2 aromatic rings. The van der Waals surface area contributed by atoms with Crippen LogP contribution in [0.4, 0.5) is 4.39 Å². The van der Waals surface area contributed by atoms with Gasteiger partial charge in [0.2, 0.25) is 5.88 Å². The molecule has 1 heterocycles. The van der Waals surface area contributed by atoms with Crippen molar-refractivity contribution in [1.82, 2.24) is 9.97 Å². The van der Waals surface area contributed by atoms with Gasteiger partial charge in [-0.05, 0) is 28.1 Å². The molecule has 8 heteroatoms. The SMILES string of the molecule is COc1nc(Oc2cccc(F)c2C(=O)O)ncc1Br. The molecular formula is C12H8BrFN2O4. The van der Waals surface area contributed by atoms with Gasteiger partial charge in [0.25, 0.3) is 0 Å². The summed E-state index contributed by atoms with van der Waals surface area (Å²) in [6.45, 7) is 0. The minimum absolute atomic E-state index is 0.154. The lowest BCUT2D eigenvalue weighted by molar-refractivity contribution is 0.0689. The number of rotatable bonds is 4. The lowest BCUT2D eigenvalue weighted by Crippen LogP contribution is -2.05. The molecule has 0 spiro atoms. The molecule has 0 saturated carbocycles. The van der Waals surface area contributed by atoms with Crippen LogP contribution in [0, 0.1) is 5.82 Å². The molecule has 0 fully saturated rings. The molecule has 0 aliphatic heterocycles. The van der Waals surface area contributed by atoms with Crippen LogP contribution in [-0.4, -0.2) is 28.2 Å². The molecule has 20 heavy (non-hydrogen) atoms. The van der Waals surface area contributed by atoms with Crippen LogP contribution < -0.4 is 9.47 Å². The van der Waals surface area contributed by atoms with Crippen LogP contribution in [0.1, 0.15) is 10.4 Å². The first kappa shape index (κ1) is 14.2. The van der Waals surface area contributed by atoms with E-state index in [2.05, 4.69) is 25.9 Å². The van der Waals surface area contributed by atoms with Crippen molar-refractivity contribution >= 4 is 21.9 Å². The summed E-state index contributed by atoms with van der Waals surface area (Å²) in [5.41, 5.74) is -0.585. The molecule has 0 radical (unpaired) electrons. The second-order valence-electron chi connectivity index (χ2n) is 3.53. The molecule has 0 atom stereocenters. The van der Waals surface area contributed by atoms with E-state index in [1.165, 1.54) is 25.4 Å². The predicted molar refractivity (Wildman–Crippen MR) is 69.7 cm³/mol. The van der Waals surface area contributed by atoms with Crippen molar-refractivity contribution in [3.63, 3.8) is 0 Å². The van der Waals surface area contributed by atoms with Gasteiger partial charge in [-0.25, -0.2) is 14.2 Å². The van der Waals surface area contributed by atoms with Gasteiger partial charge in [0.05, 0.1) is 17.8 Å². The maximum Gasteiger partial charge on any atom is 0.342 e. The first-order valence-corrected chi connectivity index (χ1v) is 6.08. The number of carboxylic acid groups (broad SMARTS) is 1. The minimum atomic E-state index is -1.44. The summed E-state index contributed by atoms with van der Waals surface area (Å²) in [6.07, 6.45) is 1.38. The van der Waals surface area contributed by atoms with Gasteiger partial charge in [-0.15, -0.1) is 0 Å². The number of nitrogens with zero attached hydrogens (tertiary/aromatic N) is 2. The zero-order valence-electron chi connectivity index (χ0n) is 10.1. The summed E-state index contributed by atoms with van der Waals surface area (Å²) in [5.74, 6) is -2.33. The molecule has 0 unspecified atom stereocenters. The molecule has 1 N–H and O–H groups in total. The highest BCUT2D eigenvalue weighted by molar-refractivity contribution is 9.10. The van der Waals surface area contributed by atoms with E-state index < -0.39 is 17.3 Å². The molecule has 1 aromatic heterocycles. The van der Waals surface area contributed by atoms with Gasteiger partial charge in [0.15, 0.2) is 0 Å². The second-order valence-corrected chi connectivity index (χ2v) is 4.38. The van der Waals surface area contributed by atoms with Gasteiger partial charge in [-0.1, -0.05) is 6.07 Å². The van der Waals surface area contributed by atoms with Gasteiger partial charge < -0.3 is 14.6 Å². The van der Waals surface area contributed by atoms with E-state index in [0.29, 0.717) is 4.47 Å². The number of methoxy groups -OCH3 is 1. The van der Waals surface area contributed by atoms with E-state index in [4.69, 9.17) is 14.6 Å². The molecular weight excluding hydrogens is 335 g/mol. The molecule has 0 aliphatic rings. The highest BCUT2D eigenvalue weighted by atomic mass is 79.9. The first-order chi connectivity index (χ1) is 9.52. The average molecular weight is 343 g/mol. The number of benzene rings is 1. The van der Waals surface area contributed by atoms with Crippen molar-refractivity contribution in [3.05, 3.63) is 40.2 Å². The molecule has 0 saturated heterocycles. The maximum atomic E-state index is 13.5. The van der Waals surface area contributed by atoms with Crippen LogP contribution >= 0.6 is 15.9 Å². The van der Waals surface area contributed by atoms with Gasteiger partial charge in [-0.2, -0.15) is 4.98 Å². The topological polar surface area (TPSA) is 81.5 Å². The summed E-state index contributed by atoms with van der Waals surface area (Å²) in [4.78, 5) is 18.8. The van der Waals surface area contributed by atoms with E-state index in [1.54, 1.807) is 0 Å². The van der Waals surface area contributed by atoms with Crippen LogP contribution in [0.25, 0.3) is 0 Å². The van der Waals surface area contributed by atoms with Crippen molar-refractivity contribution in [2.45, 2.75) is 0 Å². The van der Waals surface area contributed by atoms with Gasteiger partial charge in [0.1, 0.15) is 17.1 Å². The fourth-order valence-electron chi connectivity index (χ4n) is 1.42. The zero-order valence-corrected chi connectivity index (χ0v) is 11.7. The summed E-state index contributed by atoms with van der Waals surface area (Å²) in [7, 11) is 1.40. The lowest BCUT2D eigenvalue weighted by Gasteiger charge is -2.08. The fourth-order valence-corrected chi connectivity index (χ4v) is 1.78. The number of aromatic nitrogens is 2. The number of halogens is 2. The smallest absolute Gasteiger partial charge is 0.342 e. The summed E-state index contributed by atoms with van der Waals surface area (Å²) >= 11 is 3.17. The number of hydrogen-bond donors (Lipinski definition) is 1. The van der Waals surface area contributed by atoms with Crippen LogP contribution in [0.15, 0.2) is 28.9 Å². The Kier molecular flexibility index (Phi) is 4.14. The Bertz CT molecular complexity index is 666. The third-order valence-electron chi connectivity index (χ3n) is 2.27. The number of hydrogen-bond acceptors (Lipinski definition) is 5. The first-order valence-electron chi connectivity index (χ1n) is 5.29. The van der Waals surface area contributed by atoms with Crippen molar-refractivity contribution in [3.8, 4) is 17.6 Å². The quantitative estimate of drug-likeness (QED) is 0.919. The summed E-state index contributed by atoms with van der Waals surface area (Å²) < 4.78 is 24.1. The van der Waals surface area contributed by atoms with Crippen LogP contribution in [0.5, 0.6) is 17.6 Å². The largest absolute Gasteiger partial charge is 0.480 e. The molecule has 0 aliphatic carbocycles. The fraction of sp³-hybridized carbons (Fsp3) is 0.0833. The highest BCUT2D eigenvalue weighted by Gasteiger charge is 2.18. The molecule has 1 aromatic carbocycles. The number of carboxylic acids is 1. The summed E-state index contributed by atoms with van der Waals surface area (Å²) in [6, 6.07) is 3.51. The molecule has 2 rings (SSSR count). The molecule has 0 amide bonds. The Hall–Kier alpha value is -2.22. The molecule has 104 valence electrons. The Morgan fingerprint density at radius 3 is 2.85 bits per heavy atom. The van der Waals surface area contributed by atoms with Crippen LogP contribution in [0.3, 0.4) is 0 Å². The Labute approximate surface area is 121 Å². The van der Waals surface area contributed by atoms with E-state index in [0.717, 1.165) is 6.07 Å². The van der Waals surface area contributed by atoms with E-state index >= 15 is 0 Å². The van der Waals surface area contributed by atoms with Crippen LogP contribution in [-0.2, 0) is 0 Å². The highest BCUT2D eigenvalue weighted by Crippen LogP contribution is 2.28. The number of carbonyl (C=O) groups is 1. The monoisotopic (exact) mass is 342 g/mol. The molecule has 0 bridgehead atoms. The Morgan fingerprint density at radius 1 is 1.45 bits per heavy atom. The van der Waals surface area contributed by atoms with E-state index in [9.17, 15) is 9.18 Å². The van der Waals surface area contributed by atoms with E-state index in [1.807, 2.05) is 0 Å². The van der Waals surface area contributed by atoms with Crippen molar-refractivity contribution in [2.24, 2.45) is 0 Å². The zero-order chi connectivity index (χ0) is 14.7. The molecule has 6 nitrogen and oxygen atoms in total. The van der Waals surface area contributed by atoms with Gasteiger partial charge >= 0.3 is 12.0 Å². The standard InChI is InChI=1S/C12H8BrFN2O4/c1-19-10-6(13)5-15-12(16-10)20-8-4-2-3-7(14)9(8)11(17)18/h2-5H,1H3,(H,17,18). The van der Waals surface area contributed by atoms with E-state index in [-0.39, 0.29) is 17.6 Å². The van der Waals surface area contributed by atoms with Gasteiger partial charge in [-0.3, -0.25) is 0 Å². The Balaban J connectivity index is 2.40. The van der Waals surface area contributed by atoms with Crippen molar-refractivity contribution < 1.29 is 23.8 Å². The second kappa shape index (κ2) is 5.83. The third-order valence-corrected chi connectivity index (χ3v) is 2.82. The average Bonchev–Trinajstić information content (AvgIpc) is 2.40. The lowest BCUT2D eigenvalue weighted by atomic mass is 10.2. The Morgan fingerprint density at radius 2 is 2.20 bits per heavy atom. The number of aromatic carboxylic acids is 1. The number of ether oxygens (including phenoxy) is 2. The maximum absolute atomic E-state index is 13.5. The van der Waals surface area contributed by atoms with Crippen LogP contribution in [0.2, 0.25) is 0 Å². The van der Waals surface area contributed by atoms with Crippen molar-refractivity contribution in [1.29, 1.82) is 0 Å². The predicted octanol–water partition coefficient (Wildman–Crippen LogP) is 2.88. The summed E-state index contributed by atoms with van der Waals surface area (Å²) in [5, 5.41) is 8.98.